The smallest absolute Gasteiger partial charge is 0.186 e. The van der Waals surface area contributed by atoms with Crippen LogP contribution in [0.25, 0.3) is 0 Å². The topological polar surface area (TPSA) is 208 Å². The quantitative estimate of drug-likeness (QED) is 0.169. The highest BCUT2D eigenvalue weighted by atomic mass is 16.7. The minimum Gasteiger partial charge on any atom is -0.394 e. The van der Waals surface area contributed by atoms with E-state index in [1.54, 1.807) is 13.8 Å². The molecule has 13 heteroatoms. The molecule has 3 saturated heterocycles. The molecule has 3 aliphatic heterocycles. The van der Waals surface area contributed by atoms with Crippen LogP contribution in [-0.2, 0) is 23.7 Å². The third-order valence-electron chi connectivity index (χ3n) is 7.04. The Morgan fingerprint density at radius 2 is 1.03 bits per heavy atom. The van der Waals surface area contributed by atoms with Crippen molar-refractivity contribution in [3.05, 3.63) is 0 Å². The van der Waals surface area contributed by atoms with E-state index in [2.05, 4.69) is 0 Å². The third kappa shape index (κ3) is 5.72. The molecular weight excluding hydrogens is 460 g/mol. The van der Waals surface area contributed by atoms with Gasteiger partial charge in [0, 0.05) is 11.8 Å². The summed E-state index contributed by atoms with van der Waals surface area (Å²) in [5.74, 6) is -1.57. The zero-order valence-electron chi connectivity index (χ0n) is 19.4. The van der Waals surface area contributed by atoms with Crippen LogP contribution in [0.2, 0.25) is 0 Å². The lowest BCUT2D eigenvalue weighted by Gasteiger charge is -2.44. The van der Waals surface area contributed by atoms with E-state index in [0.29, 0.717) is 0 Å². The first-order valence-electron chi connectivity index (χ1n) is 11.5. The molecule has 0 spiro atoms. The van der Waals surface area contributed by atoms with Crippen molar-refractivity contribution in [2.45, 2.75) is 100 Å². The van der Waals surface area contributed by atoms with Gasteiger partial charge < -0.3 is 64.5 Å². The maximum Gasteiger partial charge on any atom is 0.186 e. The van der Waals surface area contributed by atoms with E-state index in [0.717, 1.165) is 0 Å². The summed E-state index contributed by atoms with van der Waals surface area (Å²) in [4.78, 5) is 0. The molecule has 3 heterocycles. The second-order valence-electron chi connectivity index (χ2n) is 9.41. The highest BCUT2D eigenvalue weighted by Crippen LogP contribution is 2.31. The fourth-order valence-corrected chi connectivity index (χ4v) is 4.63. The number of hydrogen-bond donors (Lipinski definition) is 8. The van der Waals surface area contributed by atoms with Crippen molar-refractivity contribution in [1.29, 1.82) is 0 Å². The Balaban J connectivity index is 1.55. The molecule has 0 radical (unpaired) electrons. The number of aliphatic hydroxyl groups is 8. The number of aliphatic hydroxyl groups excluding tert-OH is 8. The predicted octanol–water partition coefficient (Wildman–Crippen LogP) is -3.95. The monoisotopic (exact) mass is 498 g/mol. The molecule has 200 valence electrons. The van der Waals surface area contributed by atoms with Crippen LogP contribution < -0.4 is 0 Å². The first-order chi connectivity index (χ1) is 16.0. The third-order valence-corrected chi connectivity index (χ3v) is 7.04. The van der Waals surface area contributed by atoms with Crippen molar-refractivity contribution in [2.75, 3.05) is 19.8 Å². The molecule has 0 aliphatic carbocycles. The van der Waals surface area contributed by atoms with E-state index in [1.165, 1.54) is 6.92 Å². The van der Waals surface area contributed by atoms with Crippen LogP contribution in [-0.4, -0.2) is 140 Å². The molecule has 0 aromatic heterocycles. The molecule has 15 atom stereocenters. The summed E-state index contributed by atoms with van der Waals surface area (Å²) in [6.45, 7) is 3.87. The Bertz CT molecular complexity index is 640. The van der Waals surface area contributed by atoms with E-state index in [9.17, 15) is 40.9 Å². The molecule has 8 N–H and O–H groups in total. The minimum absolute atomic E-state index is 0.198. The van der Waals surface area contributed by atoms with Gasteiger partial charge in [-0.05, 0) is 20.8 Å². The van der Waals surface area contributed by atoms with Crippen LogP contribution in [0.5, 0.6) is 0 Å². The van der Waals surface area contributed by atoms with Crippen molar-refractivity contribution in [3.8, 4) is 0 Å². The molecule has 34 heavy (non-hydrogen) atoms. The largest absolute Gasteiger partial charge is 0.394 e. The maximum atomic E-state index is 10.6. The molecule has 10 unspecified atom stereocenters. The van der Waals surface area contributed by atoms with Crippen LogP contribution in [0.3, 0.4) is 0 Å². The molecule has 3 aliphatic rings. The van der Waals surface area contributed by atoms with Crippen molar-refractivity contribution in [3.63, 3.8) is 0 Å². The molecule has 0 amide bonds. The highest BCUT2D eigenvalue weighted by Gasteiger charge is 2.48. The Morgan fingerprint density at radius 3 is 1.62 bits per heavy atom. The molecule has 3 fully saturated rings. The van der Waals surface area contributed by atoms with Gasteiger partial charge in [-0.25, -0.2) is 0 Å². The molecule has 0 bridgehead atoms. The molecule has 0 aromatic carbocycles. The van der Waals surface area contributed by atoms with E-state index < -0.39 is 98.2 Å². The van der Waals surface area contributed by atoms with E-state index >= 15 is 0 Å². The summed E-state index contributed by atoms with van der Waals surface area (Å²) in [6.07, 6.45) is -14.9. The summed E-state index contributed by atoms with van der Waals surface area (Å²) in [6, 6.07) is 0. The van der Waals surface area contributed by atoms with E-state index in [-0.39, 0.29) is 13.2 Å². The van der Waals surface area contributed by atoms with E-state index in [1.807, 2.05) is 0 Å². The fourth-order valence-electron chi connectivity index (χ4n) is 4.63. The van der Waals surface area contributed by atoms with Gasteiger partial charge in [-0.2, -0.15) is 0 Å². The first kappa shape index (κ1) is 28.1. The van der Waals surface area contributed by atoms with Gasteiger partial charge in [0.15, 0.2) is 12.6 Å². The summed E-state index contributed by atoms with van der Waals surface area (Å²) >= 11 is 0. The highest BCUT2D eigenvalue weighted by molar-refractivity contribution is 4.92. The zero-order chi connectivity index (χ0) is 25.3. The lowest BCUT2D eigenvalue weighted by atomic mass is 9.87. The Morgan fingerprint density at radius 1 is 0.529 bits per heavy atom. The van der Waals surface area contributed by atoms with Gasteiger partial charge in [0.2, 0.25) is 0 Å². The molecule has 3 rings (SSSR count). The van der Waals surface area contributed by atoms with Crippen LogP contribution in [0.15, 0.2) is 0 Å². The standard InChI is InChI=1S/C21H38O13/c1-7-10(5-30-21-19(29)17(27)14(24)9(3)34-21)16(26)18(28)20(33-7)31-6-11-13(23)8(2)32-12(4-22)15(11)25/h7-29H,4-6H2,1-3H3/t7?,8?,9?,10-,11?,12?,13?,14-,15+,16?,17?,18?,19?,20+,21+/m0/s1. The van der Waals surface area contributed by atoms with Gasteiger partial charge in [0.1, 0.15) is 30.5 Å². The second kappa shape index (κ2) is 11.7. The Hall–Kier alpha value is -0.520. The molecular formula is C21H38O13. The lowest BCUT2D eigenvalue weighted by Crippen LogP contribution is -2.60. The van der Waals surface area contributed by atoms with Crippen LogP contribution in [0, 0.1) is 11.8 Å². The van der Waals surface area contributed by atoms with Crippen LogP contribution in [0.4, 0.5) is 0 Å². The number of hydrogen-bond acceptors (Lipinski definition) is 13. The average molecular weight is 499 g/mol. The van der Waals surface area contributed by atoms with Crippen LogP contribution in [0.1, 0.15) is 20.8 Å². The molecule has 0 aromatic rings. The summed E-state index contributed by atoms with van der Waals surface area (Å²) in [5.41, 5.74) is 0. The average Bonchev–Trinajstić information content (AvgIpc) is 2.80. The van der Waals surface area contributed by atoms with Crippen LogP contribution >= 0.6 is 0 Å². The second-order valence-corrected chi connectivity index (χ2v) is 9.41. The summed E-state index contributed by atoms with van der Waals surface area (Å²) in [5, 5.41) is 81.1. The SMILES string of the molecule is CC1OC(CO)[C@H](O)C(CO[C@@H]2OC(C)[C@H](CO[C@@H]3OC(C)[C@H](O)C(O)C3O)C(O)C2O)C1O. The maximum absolute atomic E-state index is 10.6. The van der Waals surface area contributed by atoms with Gasteiger partial charge >= 0.3 is 0 Å². The normalized spacial score (nSPS) is 52.5. The molecule has 0 saturated carbocycles. The summed E-state index contributed by atoms with van der Waals surface area (Å²) in [7, 11) is 0. The van der Waals surface area contributed by atoms with E-state index in [4.69, 9.17) is 23.7 Å². The Labute approximate surface area is 197 Å². The Kier molecular flexibility index (Phi) is 9.64. The van der Waals surface area contributed by atoms with Crippen molar-refractivity contribution in [1.82, 2.24) is 0 Å². The predicted molar refractivity (Wildman–Crippen MR) is 111 cm³/mol. The minimum atomic E-state index is -1.51. The van der Waals surface area contributed by atoms with Gasteiger partial charge in [-0.3, -0.25) is 0 Å². The van der Waals surface area contributed by atoms with Crippen molar-refractivity contribution in [2.24, 2.45) is 11.8 Å². The van der Waals surface area contributed by atoms with Gasteiger partial charge in [0.05, 0.1) is 56.4 Å². The summed E-state index contributed by atoms with van der Waals surface area (Å²) < 4.78 is 27.6. The molecule has 13 nitrogen and oxygen atoms in total. The fraction of sp³-hybridized carbons (Fsp3) is 1.00. The number of rotatable bonds is 7. The van der Waals surface area contributed by atoms with Gasteiger partial charge in [-0.15, -0.1) is 0 Å². The zero-order valence-corrected chi connectivity index (χ0v) is 19.4. The van der Waals surface area contributed by atoms with Gasteiger partial charge in [-0.1, -0.05) is 0 Å². The van der Waals surface area contributed by atoms with Crippen molar-refractivity contribution >= 4 is 0 Å². The first-order valence-corrected chi connectivity index (χ1v) is 11.5. The number of ether oxygens (including phenoxy) is 5. The lowest BCUT2D eigenvalue weighted by molar-refractivity contribution is -0.319. The van der Waals surface area contributed by atoms with Crippen molar-refractivity contribution < 1.29 is 64.5 Å². The van der Waals surface area contributed by atoms with Gasteiger partial charge in [0.25, 0.3) is 0 Å².